The fourth-order valence-electron chi connectivity index (χ4n) is 1.39. The zero-order chi connectivity index (χ0) is 14.4. The average molecular weight is 260 g/mol. The van der Waals surface area contributed by atoms with Crippen LogP contribution in [0.2, 0.25) is 0 Å². The van der Waals surface area contributed by atoms with Crippen LogP contribution in [0.5, 0.6) is 0 Å². The van der Waals surface area contributed by atoms with E-state index in [2.05, 4.69) is 10.6 Å². The first-order valence-corrected chi connectivity index (χ1v) is 6.00. The molecule has 0 fully saturated rings. The summed E-state index contributed by atoms with van der Waals surface area (Å²) >= 11 is 0. The lowest BCUT2D eigenvalue weighted by atomic mass is 9.99. The monoisotopic (exact) mass is 260 g/mol. The van der Waals surface area contributed by atoms with Crippen molar-refractivity contribution in [1.29, 1.82) is 0 Å². The number of carbonyl (C=O) groups is 2. The van der Waals surface area contributed by atoms with Gasteiger partial charge in [0.15, 0.2) is 0 Å². The van der Waals surface area contributed by atoms with Crippen LogP contribution in [0.4, 0.5) is 9.59 Å². The number of amides is 2. The number of carbonyl (C=O) groups excluding carboxylic acids is 1. The standard InChI is InChI=1S/C12H24N2O4/c1-11(2,3)18-10(17)13-8-6-7-12(4,5)14-9(15)16/h14H,6-8H2,1-5H3,(H,13,17)(H,15,16). The van der Waals surface area contributed by atoms with Crippen molar-refractivity contribution in [2.45, 2.75) is 58.6 Å². The van der Waals surface area contributed by atoms with Gasteiger partial charge in [-0.1, -0.05) is 0 Å². The van der Waals surface area contributed by atoms with Gasteiger partial charge >= 0.3 is 12.2 Å². The molecule has 0 atom stereocenters. The molecule has 0 rings (SSSR count). The minimum Gasteiger partial charge on any atom is -0.465 e. The molecule has 18 heavy (non-hydrogen) atoms. The van der Waals surface area contributed by atoms with Crippen LogP contribution in [0.3, 0.4) is 0 Å². The van der Waals surface area contributed by atoms with Gasteiger partial charge in [-0.3, -0.25) is 0 Å². The van der Waals surface area contributed by atoms with Crippen molar-refractivity contribution >= 4 is 12.2 Å². The molecule has 0 aromatic carbocycles. The Morgan fingerprint density at radius 3 is 2.17 bits per heavy atom. The van der Waals surface area contributed by atoms with Crippen LogP contribution < -0.4 is 10.6 Å². The van der Waals surface area contributed by atoms with E-state index in [0.717, 1.165) is 0 Å². The second-order valence-electron chi connectivity index (χ2n) is 5.85. The third-order valence-electron chi connectivity index (χ3n) is 2.09. The van der Waals surface area contributed by atoms with Crippen molar-refractivity contribution in [3.8, 4) is 0 Å². The number of alkyl carbamates (subject to hydrolysis) is 1. The van der Waals surface area contributed by atoms with Crippen molar-refractivity contribution in [3.05, 3.63) is 0 Å². The summed E-state index contributed by atoms with van der Waals surface area (Å²) in [7, 11) is 0. The predicted octanol–water partition coefficient (Wildman–Crippen LogP) is 2.34. The molecule has 106 valence electrons. The molecule has 0 aliphatic rings. The minimum atomic E-state index is -1.04. The maximum absolute atomic E-state index is 11.3. The highest BCUT2D eigenvalue weighted by molar-refractivity contribution is 5.67. The molecule has 0 bridgehead atoms. The van der Waals surface area contributed by atoms with Crippen LogP contribution >= 0.6 is 0 Å². The van der Waals surface area contributed by atoms with Crippen molar-refractivity contribution in [3.63, 3.8) is 0 Å². The van der Waals surface area contributed by atoms with Crippen molar-refractivity contribution in [1.82, 2.24) is 10.6 Å². The first-order chi connectivity index (χ1) is 8.02. The SMILES string of the molecule is CC(C)(CCCNC(=O)OC(C)(C)C)NC(=O)O. The van der Waals surface area contributed by atoms with E-state index >= 15 is 0 Å². The summed E-state index contributed by atoms with van der Waals surface area (Å²) in [5.74, 6) is 0. The zero-order valence-electron chi connectivity index (χ0n) is 11.8. The third-order valence-corrected chi connectivity index (χ3v) is 2.09. The normalized spacial score (nSPS) is 11.8. The van der Waals surface area contributed by atoms with Crippen LogP contribution in [-0.4, -0.2) is 35.0 Å². The van der Waals surface area contributed by atoms with Crippen LogP contribution in [-0.2, 0) is 4.74 Å². The summed E-state index contributed by atoms with van der Waals surface area (Å²) in [6.45, 7) is 9.45. The Labute approximate surface area is 108 Å². The van der Waals surface area contributed by atoms with Gasteiger partial charge in [0, 0.05) is 12.1 Å². The Balaban J connectivity index is 3.80. The molecule has 0 aliphatic heterocycles. The second kappa shape index (κ2) is 6.47. The van der Waals surface area contributed by atoms with E-state index in [-0.39, 0.29) is 0 Å². The highest BCUT2D eigenvalue weighted by atomic mass is 16.6. The topological polar surface area (TPSA) is 87.7 Å². The van der Waals surface area contributed by atoms with E-state index in [1.54, 1.807) is 34.6 Å². The van der Waals surface area contributed by atoms with Crippen LogP contribution in [0.25, 0.3) is 0 Å². The number of hydrogen-bond donors (Lipinski definition) is 3. The molecule has 6 heteroatoms. The van der Waals surface area contributed by atoms with Gasteiger partial charge in [0.2, 0.25) is 0 Å². The highest BCUT2D eigenvalue weighted by Gasteiger charge is 2.20. The largest absolute Gasteiger partial charge is 0.465 e. The van der Waals surface area contributed by atoms with Crippen LogP contribution in [0.15, 0.2) is 0 Å². The maximum Gasteiger partial charge on any atom is 0.407 e. The lowest BCUT2D eigenvalue weighted by Gasteiger charge is -2.24. The minimum absolute atomic E-state index is 0.452. The summed E-state index contributed by atoms with van der Waals surface area (Å²) in [6.07, 6.45) is -0.187. The van der Waals surface area contributed by atoms with E-state index in [9.17, 15) is 9.59 Å². The molecule has 0 unspecified atom stereocenters. The molecule has 6 nitrogen and oxygen atoms in total. The molecule has 0 heterocycles. The number of carboxylic acid groups (broad SMARTS) is 1. The van der Waals surface area contributed by atoms with E-state index in [4.69, 9.17) is 9.84 Å². The van der Waals surface area contributed by atoms with Gasteiger partial charge in [-0.2, -0.15) is 0 Å². The molecule has 0 spiro atoms. The van der Waals surface area contributed by atoms with Gasteiger partial charge in [-0.25, -0.2) is 9.59 Å². The van der Waals surface area contributed by atoms with E-state index in [0.29, 0.717) is 19.4 Å². The zero-order valence-corrected chi connectivity index (χ0v) is 11.8. The Bertz CT molecular complexity index is 295. The summed E-state index contributed by atoms with van der Waals surface area (Å²) in [6, 6.07) is 0. The molecule has 0 saturated heterocycles. The Morgan fingerprint density at radius 1 is 1.17 bits per heavy atom. The Kier molecular flexibility index (Phi) is 5.94. The molecular weight excluding hydrogens is 236 g/mol. The van der Waals surface area contributed by atoms with Crippen molar-refractivity contribution in [2.75, 3.05) is 6.54 Å². The molecule has 0 radical (unpaired) electrons. The molecule has 2 amide bonds. The number of hydrogen-bond acceptors (Lipinski definition) is 3. The Morgan fingerprint density at radius 2 is 1.72 bits per heavy atom. The third kappa shape index (κ3) is 9.74. The average Bonchev–Trinajstić information content (AvgIpc) is 2.07. The molecule has 0 aromatic rings. The predicted molar refractivity (Wildman–Crippen MR) is 68.7 cm³/mol. The first-order valence-electron chi connectivity index (χ1n) is 6.00. The molecule has 0 saturated carbocycles. The van der Waals surface area contributed by atoms with E-state index < -0.39 is 23.3 Å². The van der Waals surface area contributed by atoms with Gasteiger partial charge in [0.05, 0.1) is 0 Å². The lowest BCUT2D eigenvalue weighted by Crippen LogP contribution is -2.43. The second-order valence-corrected chi connectivity index (χ2v) is 5.85. The lowest BCUT2D eigenvalue weighted by molar-refractivity contribution is 0.0525. The van der Waals surface area contributed by atoms with Gasteiger partial charge in [-0.05, 0) is 47.5 Å². The highest BCUT2D eigenvalue weighted by Crippen LogP contribution is 2.11. The number of ether oxygens (including phenoxy) is 1. The number of rotatable bonds is 5. The van der Waals surface area contributed by atoms with Crippen LogP contribution in [0, 0.1) is 0 Å². The molecule has 0 aromatic heterocycles. The summed E-state index contributed by atoms with van der Waals surface area (Å²) < 4.78 is 5.07. The maximum atomic E-state index is 11.3. The number of nitrogens with one attached hydrogen (secondary N) is 2. The van der Waals surface area contributed by atoms with E-state index in [1.807, 2.05) is 0 Å². The van der Waals surface area contributed by atoms with Gasteiger partial charge in [-0.15, -0.1) is 0 Å². The van der Waals surface area contributed by atoms with Crippen molar-refractivity contribution in [2.24, 2.45) is 0 Å². The van der Waals surface area contributed by atoms with Gasteiger partial charge in [0.1, 0.15) is 5.60 Å². The van der Waals surface area contributed by atoms with Crippen molar-refractivity contribution < 1.29 is 19.4 Å². The fraction of sp³-hybridized carbons (Fsp3) is 0.833. The molecule has 3 N–H and O–H groups in total. The van der Waals surface area contributed by atoms with E-state index in [1.165, 1.54) is 0 Å². The van der Waals surface area contributed by atoms with Crippen LogP contribution in [0.1, 0.15) is 47.5 Å². The molecular formula is C12H24N2O4. The van der Waals surface area contributed by atoms with Gasteiger partial charge < -0.3 is 20.5 Å². The Hall–Kier alpha value is -1.46. The quantitative estimate of drug-likeness (QED) is 0.662. The van der Waals surface area contributed by atoms with Gasteiger partial charge in [0.25, 0.3) is 0 Å². The fourth-order valence-corrected chi connectivity index (χ4v) is 1.39. The molecule has 0 aliphatic carbocycles. The summed E-state index contributed by atoms with van der Waals surface area (Å²) in [5, 5.41) is 13.7. The smallest absolute Gasteiger partial charge is 0.407 e. The summed E-state index contributed by atoms with van der Waals surface area (Å²) in [5.41, 5.74) is -1.00. The summed E-state index contributed by atoms with van der Waals surface area (Å²) in [4.78, 5) is 21.8. The first kappa shape index (κ1) is 16.5.